The molecule has 2 aromatic heterocycles. The number of hydrogen-bond acceptors (Lipinski definition) is 6. The Kier molecular flexibility index (Phi) is 6.24. The summed E-state index contributed by atoms with van der Waals surface area (Å²) in [4.78, 5) is 45.5. The molecule has 3 aromatic rings. The van der Waals surface area contributed by atoms with Crippen LogP contribution < -0.4 is 21.5 Å². The minimum atomic E-state index is -0.595. The van der Waals surface area contributed by atoms with Gasteiger partial charge in [0, 0.05) is 19.6 Å². The summed E-state index contributed by atoms with van der Waals surface area (Å²) in [5.74, 6) is -0.437. The minimum Gasteiger partial charge on any atom is -0.348 e. The fourth-order valence-corrected chi connectivity index (χ4v) is 4.87. The lowest BCUT2D eigenvalue weighted by molar-refractivity contribution is -0.116. The Balaban J connectivity index is 1.76. The van der Waals surface area contributed by atoms with Gasteiger partial charge in [0.2, 0.25) is 5.91 Å². The maximum atomic E-state index is 13.1. The number of hydrogen-bond donors (Lipinski definition) is 1. The molecule has 0 spiro atoms. The molecule has 10 heteroatoms. The summed E-state index contributed by atoms with van der Waals surface area (Å²) in [6.07, 6.45) is 4.77. The number of nitrogens with zero attached hydrogens (tertiary/aromatic N) is 4. The first-order valence-electron chi connectivity index (χ1n) is 10.0. The first kappa shape index (κ1) is 21.3. The second-order valence-electron chi connectivity index (χ2n) is 7.30. The quantitative estimate of drug-likeness (QED) is 0.572. The Bertz CT molecular complexity index is 1260. The second kappa shape index (κ2) is 9.07. The molecular weight excluding hydrogens is 438 g/mol. The molecule has 0 saturated carbocycles. The highest BCUT2D eigenvalue weighted by Crippen LogP contribution is 2.28. The van der Waals surface area contributed by atoms with Crippen LogP contribution in [0.4, 0.5) is 10.8 Å². The summed E-state index contributed by atoms with van der Waals surface area (Å²) in [5, 5.41) is 3.81. The molecule has 1 N–H and O–H groups in total. The third-order valence-electron chi connectivity index (χ3n) is 5.14. The lowest BCUT2D eigenvalue weighted by atomic mass is 10.1. The molecule has 0 aliphatic carbocycles. The second-order valence-corrected chi connectivity index (χ2v) is 8.68. The Labute approximate surface area is 187 Å². The van der Waals surface area contributed by atoms with Crippen molar-refractivity contribution in [2.45, 2.75) is 32.4 Å². The summed E-state index contributed by atoms with van der Waals surface area (Å²) in [6.45, 7) is 5.11. The van der Waals surface area contributed by atoms with Crippen LogP contribution in [0.2, 0.25) is 5.02 Å². The van der Waals surface area contributed by atoms with Gasteiger partial charge in [0.05, 0.1) is 10.7 Å². The Morgan fingerprint density at radius 3 is 2.65 bits per heavy atom. The summed E-state index contributed by atoms with van der Waals surface area (Å²) in [6, 6.07) is 6.85. The number of piperidine rings is 1. The van der Waals surface area contributed by atoms with E-state index in [1.54, 1.807) is 24.3 Å². The van der Waals surface area contributed by atoms with Crippen molar-refractivity contribution in [3.8, 4) is 0 Å². The topological polar surface area (TPSA) is 89.2 Å². The lowest BCUT2D eigenvalue weighted by Crippen LogP contribution is -2.41. The number of amides is 1. The zero-order valence-electron chi connectivity index (χ0n) is 16.8. The molecule has 0 radical (unpaired) electrons. The van der Waals surface area contributed by atoms with Crippen LogP contribution in [0.5, 0.6) is 0 Å². The summed E-state index contributed by atoms with van der Waals surface area (Å²) in [5.41, 5.74) is -0.328. The van der Waals surface area contributed by atoms with Crippen LogP contribution in [0.3, 0.4) is 0 Å². The highest BCUT2D eigenvalue weighted by molar-refractivity contribution is 7.22. The van der Waals surface area contributed by atoms with Crippen LogP contribution >= 0.6 is 22.9 Å². The molecule has 1 aromatic carbocycles. The molecular formula is C21H22ClN5O3S. The van der Waals surface area contributed by atoms with Crippen LogP contribution in [0.15, 0.2) is 46.5 Å². The van der Waals surface area contributed by atoms with E-state index >= 15 is 0 Å². The van der Waals surface area contributed by atoms with Crippen LogP contribution in [-0.2, 0) is 17.9 Å². The number of carbonyl (C=O) groups is 1. The highest BCUT2D eigenvalue weighted by atomic mass is 35.5. The number of rotatable bonds is 6. The van der Waals surface area contributed by atoms with Gasteiger partial charge in [-0.2, -0.15) is 0 Å². The third kappa shape index (κ3) is 4.28. The Hall–Kier alpha value is -2.91. The zero-order valence-corrected chi connectivity index (χ0v) is 18.4. The van der Waals surface area contributed by atoms with Gasteiger partial charge >= 0.3 is 5.69 Å². The van der Waals surface area contributed by atoms with Crippen molar-refractivity contribution >= 4 is 50.0 Å². The molecule has 31 heavy (non-hydrogen) atoms. The molecule has 0 bridgehead atoms. The van der Waals surface area contributed by atoms with E-state index in [-0.39, 0.29) is 18.7 Å². The highest BCUT2D eigenvalue weighted by Gasteiger charge is 2.22. The lowest BCUT2D eigenvalue weighted by Gasteiger charge is -2.25. The van der Waals surface area contributed by atoms with Gasteiger partial charge in [0.15, 0.2) is 10.8 Å². The van der Waals surface area contributed by atoms with Crippen molar-refractivity contribution < 1.29 is 4.79 Å². The molecule has 162 valence electrons. The maximum absolute atomic E-state index is 13.1. The SMILES string of the molecule is C=CCn1c(=O)c2sc(N3CCCCC3)nc2n(CC(=O)Nc2ccccc2Cl)c1=O. The van der Waals surface area contributed by atoms with Gasteiger partial charge in [-0.1, -0.05) is 41.1 Å². The van der Waals surface area contributed by atoms with Crippen LogP contribution in [-0.4, -0.2) is 33.1 Å². The largest absolute Gasteiger partial charge is 0.348 e. The molecule has 3 heterocycles. The van der Waals surface area contributed by atoms with Crippen molar-refractivity contribution in [1.29, 1.82) is 0 Å². The smallest absolute Gasteiger partial charge is 0.333 e. The van der Waals surface area contributed by atoms with E-state index in [1.807, 2.05) is 0 Å². The fraction of sp³-hybridized carbons (Fsp3) is 0.333. The minimum absolute atomic E-state index is 0.0523. The van der Waals surface area contributed by atoms with E-state index in [9.17, 15) is 14.4 Å². The number of nitrogens with one attached hydrogen (secondary N) is 1. The molecule has 1 saturated heterocycles. The summed E-state index contributed by atoms with van der Waals surface area (Å²) in [7, 11) is 0. The molecule has 1 aliphatic heterocycles. The van der Waals surface area contributed by atoms with Gasteiger partial charge in [-0.05, 0) is 31.4 Å². The van der Waals surface area contributed by atoms with Gasteiger partial charge in [0.1, 0.15) is 11.2 Å². The standard InChI is InChI=1S/C21H22ClN5O3S/c1-2-10-26-19(29)17-18(24-20(31-17)25-11-6-3-7-12-25)27(21(26)30)13-16(28)23-15-9-5-4-8-14(15)22/h2,4-5,8-9H,1,3,6-7,10-13H2,(H,23,28). The number of para-hydroxylation sites is 1. The van der Waals surface area contributed by atoms with E-state index in [0.717, 1.165) is 30.5 Å². The number of benzene rings is 1. The molecule has 1 amide bonds. The molecule has 1 fully saturated rings. The Morgan fingerprint density at radius 2 is 1.94 bits per heavy atom. The van der Waals surface area contributed by atoms with Gasteiger partial charge in [-0.15, -0.1) is 6.58 Å². The molecule has 1 aliphatic rings. The normalized spacial score (nSPS) is 14.0. The number of aromatic nitrogens is 3. The Morgan fingerprint density at radius 1 is 1.19 bits per heavy atom. The van der Waals surface area contributed by atoms with E-state index in [1.165, 1.54) is 28.4 Å². The number of allylic oxidation sites excluding steroid dienone is 1. The molecule has 0 unspecified atom stereocenters. The first-order chi connectivity index (χ1) is 15.0. The van der Waals surface area contributed by atoms with Gasteiger partial charge in [-0.3, -0.25) is 18.7 Å². The van der Waals surface area contributed by atoms with Crippen molar-refractivity contribution in [2.24, 2.45) is 0 Å². The van der Waals surface area contributed by atoms with Gasteiger partial charge in [-0.25, -0.2) is 9.78 Å². The molecule has 4 rings (SSSR count). The number of thiazole rings is 1. The zero-order chi connectivity index (χ0) is 22.0. The van der Waals surface area contributed by atoms with Crippen LogP contribution in [0.25, 0.3) is 10.3 Å². The van der Waals surface area contributed by atoms with E-state index < -0.39 is 17.2 Å². The van der Waals surface area contributed by atoms with E-state index in [2.05, 4.69) is 21.8 Å². The van der Waals surface area contributed by atoms with Gasteiger partial charge < -0.3 is 10.2 Å². The average Bonchev–Trinajstić information content (AvgIpc) is 3.22. The fourth-order valence-electron chi connectivity index (χ4n) is 3.62. The summed E-state index contributed by atoms with van der Waals surface area (Å²) < 4.78 is 2.68. The average molecular weight is 460 g/mol. The van der Waals surface area contributed by atoms with Crippen LogP contribution in [0, 0.1) is 0 Å². The number of anilines is 2. The maximum Gasteiger partial charge on any atom is 0.333 e. The van der Waals surface area contributed by atoms with Crippen molar-refractivity contribution in [2.75, 3.05) is 23.3 Å². The predicted octanol–water partition coefficient (Wildman–Crippen LogP) is 3.09. The predicted molar refractivity (Wildman–Crippen MR) is 124 cm³/mol. The first-order valence-corrected chi connectivity index (χ1v) is 11.2. The molecule has 8 nitrogen and oxygen atoms in total. The van der Waals surface area contributed by atoms with Crippen molar-refractivity contribution in [1.82, 2.24) is 14.1 Å². The van der Waals surface area contributed by atoms with E-state index in [0.29, 0.717) is 20.5 Å². The number of halogens is 1. The number of carbonyl (C=O) groups excluding carboxylic acids is 1. The van der Waals surface area contributed by atoms with Gasteiger partial charge in [0.25, 0.3) is 5.56 Å². The number of fused-ring (bicyclic) bond motifs is 1. The van der Waals surface area contributed by atoms with Crippen molar-refractivity contribution in [3.05, 3.63) is 62.8 Å². The molecule has 0 atom stereocenters. The monoisotopic (exact) mass is 459 g/mol. The van der Waals surface area contributed by atoms with Crippen molar-refractivity contribution in [3.63, 3.8) is 0 Å². The van der Waals surface area contributed by atoms with E-state index in [4.69, 9.17) is 11.6 Å². The summed E-state index contributed by atoms with van der Waals surface area (Å²) >= 11 is 7.38. The third-order valence-corrected chi connectivity index (χ3v) is 6.57. The van der Waals surface area contributed by atoms with Crippen LogP contribution in [0.1, 0.15) is 19.3 Å².